The van der Waals surface area contributed by atoms with Crippen LogP contribution in [0, 0.1) is 11.3 Å². The summed E-state index contributed by atoms with van der Waals surface area (Å²) in [6.45, 7) is 9.68. The lowest BCUT2D eigenvalue weighted by atomic mass is 9.76. The number of nitrogens with two attached hydrogens (primary N) is 1. The van der Waals surface area contributed by atoms with Crippen molar-refractivity contribution in [2.75, 3.05) is 6.54 Å². The van der Waals surface area contributed by atoms with Gasteiger partial charge >= 0.3 is 0 Å². The number of hydrogen-bond donors (Lipinski definition) is 2. The molecule has 0 aromatic carbocycles. The molecule has 0 saturated carbocycles. The molecule has 0 saturated heterocycles. The fraction of sp³-hybridized carbons (Fsp3) is 0.846. The average molecular weight is 238 g/mol. The highest BCUT2D eigenvalue weighted by Crippen LogP contribution is 2.31. The summed E-state index contributed by atoms with van der Waals surface area (Å²) in [5.41, 5.74) is 6.00. The van der Waals surface area contributed by atoms with E-state index in [9.17, 15) is 0 Å². The van der Waals surface area contributed by atoms with Crippen molar-refractivity contribution in [2.45, 2.75) is 53.4 Å². The molecule has 0 aliphatic heterocycles. The lowest BCUT2D eigenvalue weighted by Crippen LogP contribution is -2.24. The number of aromatic amines is 1. The van der Waals surface area contributed by atoms with Crippen LogP contribution in [-0.2, 0) is 12.8 Å². The molecule has 1 rings (SSSR count). The van der Waals surface area contributed by atoms with Gasteiger partial charge in [-0.3, -0.25) is 5.10 Å². The second kappa shape index (κ2) is 6.15. The Balaban J connectivity index is 2.51. The molecule has 1 aromatic rings. The molecule has 17 heavy (non-hydrogen) atoms. The smallest absolute Gasteiger partial charge is 0.150 e. The van der Waals surface area contributed by atoms with E-state index in [-0.39, 0.29) is 0 Å². The lowest BCUT2D eigenvalue weighted by Gasteiger charge is -2.30. The van der Waals surface area contributed by atoms with Gasteiger partial charge in [0.1, 0.15) is 11.6 Å². The molecule has 1 unspecified atom stereocenters. The summed E-state index contributed by atoms with van der Waals surface area (Å²) in [5.74, 6) is 2.56. The topological polar surface area (TPSA) is 67.6 Å². The molecule has 0 amide bonds. The van der Waals surface area contributed by atoms with Crippen molar-refractivity contribution in [2.24, 2.45) is 17.1 Å². The van der Waals surface area contributed by atoms with Gasteiger partial charge in [0.15, 0.2) is 0 Å². The van der Waals surface area contributed by atoms with Crippen molar-refractivity contribution in [3.63, 3.8) is 0 Å². The van der Waals surface area contributed by atoms with Crippen LogP contribution < -0.4 is 5.73 Å². The largest absolute Gasteiger partial charge is 0.330 e. The number of nitrogens with one attached hydrogen (secondary N) is 1. The van der Waals surface area contributed by atoms with E-state index in [4.69, 9.17) is 5.73 Å². The first-order chi connectivity index (χ1) is 7.97. The fourth-order valence-corrected chi connectivity index (χ4v) is 2.13. The molecule has 1 atom stereocenters. The van der Waals surface area contributed by atoms with Crippen LogP contribution in [0.25, 0.3) is 0 Å². The third kappa shape index (κ3) is 4.46. The van der Waals surface area contributed by atoms with Gasteiger partial charge in [-0.05, 0) is 30.7 Å². The van der Waals surface area contributed by atoms with Crippen molar-refractivity contribution in [1.82, 2.24) is 15.2 Å². The highest BCUT2D eigenvalue weighted by molar-refractivity contribution is 4.91. The van der Waals surface area contributed by atoms with Gasteiger partial charge in [-0.1, -0.05) is 27.7 Å². The van der Waals surface area contributed by atoms with E-state index in [2.05, 4.69) is 42.9 Å². The van der Waals surface area contributed by atoms with Gasteiger partial charge in [0.25, 0.3) is 0 Å². The highest BCUT2D eigenvalue weighted by atomic mass is 15.2. The van der Waals surface area contributed by atoms with E-state index in [1.807, 2.05) is 0 Å². The first-order valence-electron chi connectivity index (χ1n) is 6.57. The molecule has 4 nitrogen and oxygen atoms in total. The summed E-state index contributed by atoms with van der Waals surface area (Å²) in [6.07, 6.45) is 4.06. The second-order valence-corrected chi connectivity index (χ2v) is 5.73. The molecule has 0 spiro atoms. The maximum Gasteiger partial charge on any atom is 0.150 e. The van der Waals surface area contributed by atoms with E-state index in [0.29, 0.717) is 11.3 Å². The normalized spacial score (nSPS) is 13.9. The van der Waals surface area contributed by atoms with Crippen molar-refractivity contribution < 1.29 is 0 Å². The molecule has 0 radical (unpaired) electrons. The highest BCUT2D eigenvalue weighted by Gasteiger charge is 2.23. The number of nitrogens with zero attached hydrogens (tertiary/aromatic N) is 2. The number of rotatable bonds is 6. The molecule has 1 heterocycles. The van der Waals surface area contributed by atoms with Gasteiger partial charge in [0, 0.05) is 12.8 Å². The zero-order chi connectivity index (χ0) is 12.9. The summed E-state index contributed by atoms with van der Waals surface area (Å²) in [6, 6.07) is 0. The van der Waals surface area contributed by atoms with Crippen molar-refractivity contribution in [1.29, 1.82) is 0 Å². The molecule has 1 aromatic heterocycles. The van der Waals surface area contributed by atoms with E-state index < -0.39 is 0 Å². The standard InChI is InChI=1S/C13H26N4/c1-5-11-15-12(17-16-11)7-6-10(8-9-14)13(2,3)4/h10H,5-9,14H2,1-4H3,(H,15,16,17). The van der Waals surface area contributed by atoms with Crippen LogP contribution >= 0.6 is 0 Å². The molecular weight excluding hydrogens is 212 g/mol. The number of aryl methyl sites for hydroxylation is 2. The van der Waals surface area contributed by atoms with E-state index in [1.54, 1.807) is 0 Å². The van der Waals surface area contributed by atoms with Crippen LogP contribution in [0.3, 0.4) is 0 Å². The number of hydrogen-bond acceptors (Lipinski definition) is 3. The molecule has 3 N–H and O–H groups in total. The molecule has 4 heteroatoms. The molecular formula is C13H26N4. The molecule has 0 aliphatic rings. The zero-order valence-electron chi connectivity index (χ0n) is 11.6. The van der Waals surface area contributed by atoms with Gasteiger partial charge in [-0.15, -0.1) is 0 Å². The maximum absolute atomic E-state index is 5.68. The van der Waals surface area contributed by atoms with Gasteiger partial charge in [0.2, 0.25) is 0 Å². The zero-order valence-corrected chi connectivity index (χ0v) is 11.6. The Morgan fingerprint density at radius 2 is 2.00 bits per heavy atom. The second-order valence-electron chi connectivity index (χ2n) is 5.73. The van der Waals surface area contributed by atoms with E-state index in [1.165, 1.54) is 0 Å². The molecule has 0 fully saturated rings. The van der Waals surface area contributed by atoms with Crippen LogP contribution in [0.15, 0.2) is 0 Å². The first-order valence-corrected chi connectivity index (χ1v) is 6.57. The summed E-state index contributed by atoms with van der Waals surface area (Å²) >= 11 is 0. The average Bonchev–Trinajstić information content (AvgIpc) is 2.70. The van der Waals surface area contributed by atoms with Crippen molar-refractivity contribution in [3.05, 3.63) is 11.6 Å². The Hall–Kier alpha value is -0.900. The van der Waals surface area contributed by atoms with Crippen molar-refractivity contribution in [3.8, 4) is 0 Å². The predicted molar refractivity (Wildman–Crippen MR) is 70.7 cm³/mol. The minimum absolute atomic E-state index is 0.312. The minimum Gasteiger partial charge on any atom is -0.330 e. The van der Waals surface area contributed by atoms with Gasteiger partial charge in [0.05, 0.1) is 0 Å². The van der Waals surface area contributed by atoms with Crippen molar-refractivity contribution >= 4 is 0 Å². The van der Waals surface area contributed by atoms with Crippen LogP contribution in [-0.4, -0.2) is 21.7 Å². The Morgan fingerprint density at radius 1 is 1.29 bits per heavy atom. The molecule has 0 bridgehead atoms. The van der Waals surface area contributed by atoms with Gasteiger partial charge in [-0.25, -0.2) is 4.98 Å². The summed E-state index contributed by atoms with van der Waals surface area (Å²) < 4.78 is 0. The van der Waals surface area contributed by atoms with E-state index in [0.717, 1.165) is 43.9 Å². The number of aromatic nitrogens is 3. The number of H-pyrrole nitrogens is 1. The molecule has 0 aliphatic carbocycles. The predicted octanol–water partition coefficient (Wildman–Crippen LogP) is 2.31. The Kier molecular flexibility index (Phi) is 5.12. The van der Waals surface area contributed by atoms with Gasteiger partial charge < -0.3 is 5.73 Å². The summed E-state index contributed by atoms with van der Waals surface area (Å²) in [7, 11) is 0. The quantitative estimate of drug-likeness (QED) is 0.799. The Bertz CT molecular complexity index is 324. The van der Waals surface area contributed by atoms with Crippen LogP contribution in [0.1, 0.15) is 52.2 Å². The van der Waals surface area contributed by atoms with Crippen LogP contribution in [0.5, 0.6) is 0 Å². The first kappa shape index (κ1) is 14.2. The van der Waals surface area contributed by atoms with E-state index >= 15 is 0 Å². The summed E-state index contributed by atoms with van der Waals surface area (Å²) in [4.78, 5) is 4.44. The third-order valence-corrected chi connectivity index (χ3v) is 3.36. The summed E-state index contributed by atoms with van der Waals surface area (Å²) in [5, 5.41) is 7.17. The van der Waals surface area contributed by atoms with Gasteiger partial charge in [-0.2, -0.15) is 5.10 Å². The molecule has 98 valence electrons. The monoisotopic (exact) mass is 238 g/mol. The SMILES string of the molecule is CCc1n[nH]c(CCC(CCN)C(C)(C)C)n1. The Labute approximate surface area is 104 Å². The maximum atomic E-state index is 5.68. The third-order valence-electron chi connectivity index (χ3n) is 3.36. The minimum atomic E-state index is 0.312. The van der Waals surface area contributed by atoms with Crippen LogP contribution in [0.4, 0.5) is 0 Å². The van der Waals surface area contributed by atoms with Crippen LogP contribution in [0.2, 0.25) is 0 Å². The lowest BCUT2D eigenvalue weighted by molar-refractivity contribution is 0.214. The Morgan fingerprint density at radius 3 is 2.47 bits per heavy atom. The fourth-order valence-electron chi connectivity index (χ4n) is 2.13.